The molecule has 0 aromatic heterocycles. The van der Waals surface area contributed by atoms with Gasteiger partial charge in [0.15, 0.2) is 0 Å². The van der Waals surface area contributed by atoms with Crippen molar-refractivity contribution in [2.75, 3.05) is 0 Å². The van der Waals surface area contributed by atoms with E-state index < -0.39 is 0 Å². The van der Waals surface area contributed by atoms with Gasteiger partial charge in [-0.15, -0.1) is 6.58 Å². The molecule has 0 bridgehead atoms. The molecule has 0 radical (unpaired) electrons. The lowest BCUT2D eigenvalue weighted by Crippen LogP contribution is -2.09. The molecule has 1 amide bonds. The molecular formula is C5H10NOP. The molecule has 0 saturated carbocycles. The molecule has 3 heteroatoms. The monoisotopic (exact) mass is 131 g/mol. The van der Waals surface area contributed by atoms with Gasteiger partial charge in [0.05, 0.1) is 0 Å². The zero-order chi connectivity index (χ0) is 6.41. The maximum atomic E-state index is 10.4. The Morgan fingerprint density at radius 2 is 2.50 bits per heavy atom. The van der Waals surface area contributed by atoms with Crippen LogP contribution in [0.4, 0.5) is 0 Å². The van der Waals surface area contributed by atoms with Crippen LogP contribution < -0.4 is 5.09 Å². The van der Waals surface area contributed by atoms with E-state index in [2.05, 4.69) is 21.1 Å². The highest BCUT2D eigenvalue weighted by Gasteiger charge is 1.91. The highest BCUT2D eigenvalue weighted by molar-refractivity contribution is 7.15. The first kappa shape index (κ1) is 7.64. The van der Waals surface area contributed by atoms with Crippen molar-refractivity contribution in [1.82, 2.24) is 5.09 Å². The van der Waals surface area contributed by atoms with Crippen LogP contribution in [0.15, 0.2) is 12.7 Å². The van der Waals surface area contributed by atoms with Crippen molar-refractivity contribution in [2.45, 2.75) is 12.8 Å². The van der Waals surface area contributed by atoms with E-state index in [1.54, 1.807) is 6.08 Å². The number of hydrogen-bond donors (Lipinski definition) is 1. The van der Waals surface area contributed by atoms with Crippen LogP contribution in [0, 0.1) is 0 Å². The third kappa shape index (κ3) is 3.82. The zero-order valence-corrected chi connectivity index (χ0v) is 5.84. The average Bonchev–Trinajstić information content (AvgIpc) is 1.83. The molecule has 0 spiro atoms. The Kier molecular flexibility index (Phi) is 4.58. The average molecular weight is 131 g/mol. The molecular weight excluding hydrogens is 121 g/mol. The molecule has 0 fully saturated rings. The van der Waals surface area contributed by atoms with E-state index in [1.165, 1.54) is 0 Å². The predicted octanol–water partition coefficient (Wildman–Crippen LogP) is 0.859. The molecule has 1 unspecified atom stereocenters. The summed E-state index contributed by atoms with van der Waals surface area (Å²) >= 11 is 0. The van der Waals surface area contributed by atoms with Crippen LogP contribution in [0.2, 0.25) is 0 Å². The first-order valence-corrected chi connectivity index (χ1v) is 2.99. The summed E-state index contributed by atoms with van der Waals surface area (Å²) in [5.74, 6) is 0.0369. The molecule has 0 heterocycles. The van der Waals surface area contributed by atoms with E-state index in [0.717, 1.165) is 6.42 Å². The Balaban J connectivity index is 3.11. The van der Waals surface area contributed by atoms with Crippen molar-refractivity contribution in [3.63, 3.8) is 0 Å². The molecule has 1 atom stereocenters. The van der Waals surface area contributed by atoms with Crippen molar-refractivity contribution < 1.29 is 4.79 Å². The molecule has 46 valence electrons. The molecule has 0 aliphatic rings. The molecule has 8 heavy (non-hydrogen) atoms. The van der Waals surface area contributed by atoms with Crippen molar-refractivity contribution >= 4 is 15.3 Å². The van der Waals surface area contributed by atoms with E-state index in [4.69, 9.17) is 0 Å². The van der Waals surface area contributed by atoms with Gasteiger partial charge in [-0.2, -0.15) is 0 Å². The number of allylic oxidation sites excluding steroid dienone is 1. The number of rotatable bonds is 3. The second kappa shape index (κ2) is 4.79. The highest BCUT2D eigenvalue weighted by atomic mass is 31.0. The van der Waals surface area contributed by atoms with Gasteiger partial charge in [-0.25, -0.2) is 0 Å². The lowest BCUT2D eigenvalue weighted by molar-refractivity contribution is -0.119. The van der Waals surface area contributed by atoms with Crippen LogP contribution >= 0.6 is 9.39 Å². The largest absolute Gasteiger partial charge is 0.341 e. The summed E-state index contributed by atoms with van der Waals surface area (Å²) in [5, 5.41) is 2.43. The number of carbonyl (C=O) groups is 1. The lowest BCUT2D eigenvalue weighted by Gasteiger charge is -1.92. The van der Waals surface area contributed by atoms with Gasteiger partial charge in [0.1, 0.15) is 0 Å². The molecule has 0 aliphatic heterocycles. The Bertz CT molecular complexity index is 92.4. The van der Waals surface area contributed by atoms with Crippen LogP contribution in [0.3, 0.4) is 0 Å². The van der Waals surface area contributed by atoms with E-state index >= 15 is 0 Å². The van der Waals surface area contributed by atoms with E-state index in [0.29, 0.717) is 6.42 Å². The second-order valence-corrected chi connectivity index (χ2v) is 1.68. The Labute approximate surface area is 51.6 Å². The van der Waals surface area contributed by atoms with Crippen molar-refractivity contribution in [2.24, 2.45) is 0 Å². The van der Waals surface area contributed by atoms with E-state index in [1.807, 2.05) is 0 Å². The Hall–Kier alpha value is -0.360. The summed E-state index contributed by atoms with van der Waals surface area (Å²) in [6.07, 6.45) is 3.01. The Morgan fingerprint density at radius 3 is 2.88 bits per heavy atom. The maximum absolute atomic E-state index is 10.4. The highest BCUT2D eigenvalue weighted by Crippen LogP contribution is 1.88. The van der Waals surface area contributed by atoms with Gasteiger partial charge in [-0.3, -0.25) is 4.79 Å². The van der Waals surface area contributed by atoms with Gasteiger partial charge in [0.2, 0.25) is 5.91 Å². The van der Waals surface area contributed by atoms with Crippen LogP contribution in [-0.4, -0.2) is 5.91 Å². The summed E-state index contributed by atoms with van der Waals surface area (Å²) in [7, 11) is 2.16. The molecule has 0 aromatic carbocycles. The number of hydrogen-bond acceptors (Lipinski definition) is 1. The molecule has 0 rings (SSSR count). The normalized spacial score (nSPS) is 8.12. The number of carbonyl (C=O) groups excluding carboxylic acids is 1. The van der Waals surface area contributed by atoms with Crippen molar-refractivity contribution in [1.29, 1.82) is 0 Å². The van der Waals surface area contributed by atoms with E-state index in [-0.39, 0.29) is 5.91 Å². The second-order valence-electron chi connectivity index (χ2n) is 1.39. The smallest absolute Gasteiger partial charge is 0.223 e. The maximum Gasteiger partial charge on any atom is 0.223 e. The fraction of sp³-hybridized carbons (Fsp3) is 0.400. The standard InChI is InChI=1S/C5H10NOP/c1-2-3-4-5(7)6-8/h2H,1,3-4,8H2,(H,6,7). The molecule has 1 N–H and O–H groups in total. The molecule has 0 saturated heterocycles. The minimum Gasteiger partial charge on any atom is -0.341 e. The predicted molar refractivity (Wildman–Crippen MR) is 37.3 cm³/mol. The SMILES string of the molecule is C=CCCC(=O)NP. The third-order valence-corrected chi connectivity index (χ3v) is 1.06. The number of amides is 1. The van der Waals surface area contributed by atoms with Crippen LogP contribution in [-0.2, 0) is 4.79 Å². The summed E-state index contributed by atoms with van der Waals surface area (Å²) < 4.78 is 0. The first-order chi connectivity index (χ1) is 3.81. The van der Waals surface area contributed by atoms with Gasteiger partial charge in [-0.05, 0) is 15.8 Å². The van der Waals surface area contributed by atoms with Crippen LogP contribution in [0.25, 0.3) is 0 Å². The summed E-state index contributed by atoms with van der Waals surface area (Å²) in [5.41, 5.74) is 0. The molecule has 0 aromatic rings. The zero-order valence-electron chi connectivity index (χ0n) is 4.68. The van der Waals surface area contributed by atoms with Crippen LogP contribution in [0.5, 0.6) is 0 Å². The lowest BCUT2D eigenvalue weighted by atomic mass is 10.3. The molecule has 2 nitrogen and oxygen atoms in total. The van der Waals surface area contributed by atoms with Gasteiger partial charge in [-0.1, -0.05) is 6.08 Å². The summed E-state index contributed by atoms with van der Waals surface area (Å²) in [6.45, 7) is 3.48. The minimum absolute atomic E-state index is 0.0369. The minimum atomic E-state index is 0.0369. The summed E-state index contributed by atoms with van der Waals surface area (Å²) in [6, 6.07) is 0. The van der Waals surface area contributed by atoms with Gasteiger partial charge in [0, 0.05) is 6.42 Å². The van der Waals surface area contributed by atoms with Crippen LogP contribution in [0.1, 0.15) is 12.8 Å². The molecule has 0 aliphatic carbocycles. The van der Waals surface area contributed by atoms with Crippen molar-refractivity contribution in [3.8, 4) is 0 Å². The van der Waals surface area contributed by atoms with Gasteiger partial charge < -0.3 is 5.09 Å². The fourth-order valence-electron chi connectivity index (χ4n) is 0.305. The first-order valence-electron chi connectivity index (χ1n) is 2.41. The summed E-state index contributed by atoms with van der Waals surface area (Å²) in [4.78, 5) is 10.4. The van der Waals surface area contributed by atoms with Crippen molar-refractivity contribution in [3.05, 3.63) is 12.7 Å². The Morgan fingerprint density at radius 1 is 1.88 bits per heavy atom. The van der Waals surface area contributed by atoms with Gasteiger partial charge in [0.25, 0.3) is 0 Å². The van der Waals surface area contributed by atoms with E-state index in [9.17, 15) is 4.79 Å². The number of nitrogens with one attached hydrogen (secondary N) is 1. The fourth-order valence-corrected chi connectivity index (χ4v) is 0.450. The topological polar surface area (TPSA) is 29.1 Å². The quantitative estimate of drug-likeness (QED) is 0.446. The van der Waals surface area contributed by atoms with Gasteiger partial charge >= 0.3 is 0 Å². The third-order valence-electron chi connectivity index (χ3n) is 0.737.